The van der Waals surface area contributed by atoms with Crippen molar-refractivity contribution < 1.29 is 28.6 Å². The Bertz CT molecular complexity index is 1140. The molecule has 0 aliphatic rings. The molecule has 0 saturated heterocycles. The van der Waals surface area contributed by atoms with Gasteiger partial charge in [0, 0.05) is 19.3 Å². The second kappa shape index (κ2) is 48.5. The highest BCUT2D eigenvalue weighted by molar-refractivity contribution is 5.71. The van der Waals surface area contributed by atoms with Crippen molar-refractivity contribution in [3.63, 3.8) is 0 Å². The van der Waals surface area contributed by atoms with Crippen molar-refractivity contribution in [3.05, 3.63) is 72.9 Å². The van der Waals surface area contributed by atoms with Gasteiger partial charge in [0.2, 0.25) is 0 Å². The fourth-order valence-electron chi connectivity index (χ4n) is 6.72. The average molecular weight is 837 g/mol. The maximum absolute atomic E-state index is 12.7. The number of hydrogen-bond acceptors (Lipinski definition) is 6. The molecule has 60 heavy (non-hydrogen) atoms. The molecule has 0 fully saturated rings. The first-order valence-electron chi connectivity index (χ1n) is 24.9. The minimum Gasteiger partial charge on any atom is -0.462 e. The molecule has 0 N–H and O–H groups in total. The van der Waals surface area contributed by atoms with Crippen LogP contribution in [0.15, 0.2) is 72.9 Å². The van der Waals surface area contributed by atoms with Crippen LogP contribution in [0, 0.1) is 0 Å². The predicted octanol–water partition coefficient (Wildman–Crippen LogP) is 16.3. The molecule has 1 unspecified atom stereocenters. The Balaban J connectivity index is 4.39. The van der Waals surface area contributed by atoms with Crippen LogP contribution < -0.4 is 0 Å². The van der Waals surface area contributed by atoms with Gasteiger partial charge >= 0.3 is 17.9 Å². The van der Waals surface area contributed by atoms with Gasteiger partial charge in [0.25, 0.3) is 0 Å². The van der Waals surface area contributed by atoms with Gasteiger partial charge in [-0.1, -0.05) is 209 Å². The van der Waals surface area contributed by atoms with Gasteiger partial charge in [0.1, 0.15) is 13.2 Å². The largest absolute Gasteiger partial charge is 0.462 e. The highest BCUT2D eigenvalue weighted by atomic mass is 16.6. The predicted molar refractivity (Wildman–Crippen MR) is 256 cm³/mol. The number of allylic oxidation sites excluding steroid dienone is 12. The van der Waals surface area contributed by atoms with Crippen molar-refractivity contribution in [1.29, 1.82) is 0 Å². The van der Waals surface area contributed by atoms with E-state index in [1.54, 1.807) is 0 Å². The number of hydrogen-bond donors (Lipinski definition) is 0. The summed E-state index contributed by atoms with van der Waals surface area (Å²) in [6.45, 7) is 6.41. The van der Waals surface area contributed by atoms with E-state index in [0.717, 1.165) is 70.6 Å². The summed E-state index contributed by atoms with van der Waals surface area (Å²) in [5.74, 6) is -0.993. The number of carbonyl (C=O) groups excluding carboxylic acids is 3. The molecule has 0 radical (unpaired) electrons. The maximum Gasteiger partial charge on any atom is 0.306 e. The summed E-state index contributed by atoms with van der Waals surface area (Å²) in [4.78, 5) is 37.8. The standard InChI is InChI=1S/C54H92O6/c1-4-7-10-13-16-19-22-24-25-26-27-28-29-31-32-35-38-41-44-47-53(56)59-50-51(49-58-52(55)46-43-40-37-34-21-18-15-12-9-6-3)60-54(57)48-45-42-39-36-33-30-23-20-17-14-11-8-5-2/h8,11,16-17,19-20,24-25,30,33,39,42,51H,4-7,9-10,12-15,18,21-23,26-29,31-32,34-38,40-41,43-50H2,1-3H3/b11-8-,19-16-,20-17-,25-24-,33-30-,42-39-. The molecule has 0 bridgehead atoms. The smallest absolute Gasteiger partial charge is 0.306 e. The fourth-order valence-corrected chi connectivity index (χ4v) is 6.72. The molecule has 0 aliphatic heterocycles. The van der Waals surface area contributed by atoms with Crippen LogP contribution in [0.1, 0.15) is 233 Å². The number of unbranched alkanes of at least 4 members (excludes halogenated alkanes) is 21. The molecule has 0 aliphatic carbocycles. The topological polar surface area (TPSA) is 78.9 Å². The van der Waals surface area contributed by atoms with Gasteiger partial charge in [0.15, 0.2) is 6.10 Å². The minimum atomic E-state index is -0.811. The number of ether oxygens (including phenoxy) is 3. The lowest BCUT2D eigenvalue weighted by atomic mass is 10.1. The normalized spacial score (nSPS) is 12.7. The van der Waals surface area contributed by atoms with E-state index in [9.17, 15) is 14.4 Å². The Labute approximate surface area is 370 Å². The summed E-state index contributed by atoms with van der Waals surface area (Å²) in [7, 11) is 0. The Morgan fingerprint density at radius 3 is 1.12 bits per heavy atom. The van der Waals surface area contributed by atoms with Gasteiger partial charge in [-0.25, -0.2) is 0 Å². The Morgan fingerprint density at radius 2 is 0.683 bits per heavy atom. The first-order valence-corrected chi connectivity index (χ1v) is 24.9. The van der Waals surface area contributed by atoms with Crippen molar-refractivity contribution in [2.45, 2.75) is 239 Å². The van der Waals surface area contributed by atoms with Crippen molar-refractivity contribution in [3.8, 4) is 0 Å². The van der Waals surface area contributed by atoms with Crippen molar-refractivity contribution in [1.82, 2.24) is 0 Å². The molecule has 0 rings (SSSR count). The van der Waals surface area contributed by atoms with Crippen molar-refractivity contribution >= 4 is 17.9 Å². The second-order valence-corrected chi connectivity index (χ2v) is 16.3. The lowest BCUT2D eigenvalue weighted by Gasteiger charge is -2.18. The third-order valence-electron chi connectivity index (χ3n) is 10.5. The molecule has 6 heteroatoms. The minimum absolute atomic E-state index is 0.104. The third kappa shape index (κ3) is 45.9. The number of esters is 3. The lowest BCUT2D eigenvalue weighted by Crippen LogP contribution is -2.30. The summed E-state index contributed by atoms with van der Waals surface area (Å²) in [5.41, 5.74) is 0. The molecule has 0 aromatic carbocycles. The highest BCUT2D eigenvalue weighted by Gasteiger charge is 2.19. The molecular formula is C54H92O6. The number of rotatable bonds is 44. The molecule has 0 amide bonds. The Hall–Kier alpha value is -3.15. The van der Waals surface area contributed by atoms with Crippen LogP contribution in [0.3, 0.4) is 0 Å². The first kappa shape index (κ1) is 56.9. The molecule has 0 aromatic heterocycles. The molecule has 0 aromatic rings. The van der Waals surface area contributed by atoms with E-state index in [1.807, 2.05) is 12.2 Å². The van der Waals surface area contributed by atoms with Crippen molar-refractivity contribution in [2.75, 3.05) is 13.2 Å². The van der Waals surface area contributed by atoms with Crippen LogP contribution in [-0.4, -0.2) is 37.2 Å². The average Bonchev–Trinajstić information content (AvgIpc) is 3.24. The van der Waals surface area contributed by atoms with Crippen LogP contribution in [0.5, 0.6) is 0 Å². The Morgan fingerprint density at radius 1 is 0.350 bits per heavy atom. The monoisotopic (exact) mass is 837 g/mol. The maximum atomic E-state index is 12.7. The van der Waals surface area contributed by atoms with Gasteiger partial charge in [-0.3, -0.25) is 14.4 Å². The first-order chi connectivity index (χ1) is 29.5. The summed E-state index contributed by atoms with van der Waals surface area (Å²) >= 11 is 0. The summed E-state index contributed by atoms with van der Waals surface area (Å²) in [6.07, 6.45) is 60.4. The SMILES string of the molecule is CC/C=C\C/C=C\C/C=C\C/C=C\CCC(=O)OC(COC(=O)CCCCCCCCCCCC)COC(=O)CCCCCCCCCCC/C=C\C/C=C\CCCCC. The van der Waals surface area contributed by atoms with E-state index in [-0.39, 0.29) is 31.6 Å². The quantitative estimate of drug-likeness (QED) is 0.0263. The highest BCUT2D eigenvalue weighted by Crippen LogP contribution is 2.14. The summed E-state index contributed by atoms with van der Waals surface area (Å²) < 4.78 is 16.7. The summed E-state index contributed by atoms with van der Waals surface area (Å²) in [5, 5.41) is 0. The molecule has 0 spiro atoms. The van der Waals surface area contributed by atoms with Gasteiger partial charge in [-0.05, 0) is 77.0 Å². The second-order valence-electron chi connectivity index (χ2n) is 16.3. The van der Waals surface area contributed by atoms with Gasteiger partial charge in [-0.2, -0.15) is 0 Å². The molecule has 0 heterocycles. The number of carbonyl (C=O) groups is 3. The van der Waals surface area contributed by atoms with Gasteiger partial charge in [0.05, 0.1) is 0 Å². The zero-order valence-corrected chi connectivity index (χ0v) is 39.2. The van der Waals surface area contributed by atoms with Gasteiger partial charge in [-0.15, -0.1) is 0 Å². The molecule has 344 valence electrons. The molecule has 1 atom stereocenters. The van der Waals surface area contributed by atoms with E-state index in [1.165, 1.54) is 116 Å². The van der Waals surface area contributed by atoms with Crippen LogP contribution in [-0.2, 0) is 28.6 Å². The lowest BCUT2D eigenvalue weighted by molar-refractivity contribution is -0.166. The van der Waals surface area contributed by atoms with Crippen LogP contribution in [0.25, 0.3) is 0 Å². The van der Waals surface area contributed by atoms with Crippen LogP contribution in [0.4, 0.5) is 0 Å². The Kier molecular flexibility index (Phi) is 46.0. The van der Waals surface area contributed by atoms with Gasteiger partial charge < -0.3 is 14.2 Å². The summed E-state index contributed by atoms with van der Waals surface area (Å²) in [6, 6.07) is 0. The van der Waals surface area contributed by atoms with Crippen LogP contribution >= 0.6 is 0 Å². The zero-order valence-electron chi connectivity index (χ0n) is 39.2. The third-order valence-corrected chi connectivity index (χ3v) is 10.5. The fraction of sp³-hybridized carbons (Fsp3) is 0.722. The van der Waals surface area contributed by atoms with E-state index in [0.29, 0.717) is 19.3 Å². The molecule has 6 nitrogen and oxygen atoms in total. The van der Waals surface area contributed by atoms with E-state index >= 15 is 0 Å². The van der Waals surface area contributed by atoms with Crippen molar-refractivity contribution in [2.24, 2.45) is 0 Å². The molecule has 0 saturated carbocycles. The van der Waals surface area contributed by atoms with E-state index in [4.69, 9.17) is 14.2 Å². The molecular weight excluding hydrogens is 745 g/mol. The zero-order chi connectivity index (χ0) is 43.7. The van der Waals surface area contributed by atoms with Crippen LogP contribution in [0.2, 0.25) is 0 Å². The van der Waals surface area contributed by atoms with E-state index < -0.39 is 12.1 Å². The van der Waals surface area contributed by atoms with E-state index in [2.05, 4.69) is 81.5 Å².